The minimum absolute atomic E-state index is 0.0203. The van der Waals surface area contributed by atoms with Gasteiger partial charge in [-0.3, -0.25) is 4.79 Å². The van der Waals surface area contributed by atoms with Gasteiger partial charge in [0.25, 0.3) is 0 Å². The predicted molar refractivity (Wildman–Crippen MR) is 71.8 cm³/mol. The Morgan fingerprint density at radius 2 is 1.95 bits per heavy atom. The summed E-state index contributed by atoms with van der Waals surface area (Å²) in [6.07, 6.45) is 3.57. The molecule has 1 saturated heterocycles. The van der Waals surface area contributed by atoms with Crippen LogP contribution in [0.2, 0.25) is 0 Å². The zero-order valence-corrected chi connectivity index (χ0v) is 11.8. The number of nitrogens with one attached hydrogen (secondary N) is 1. The zero-order valence-electron chi connectivity index (χ0n) is 11.8. The SMILES string of the molecule is CC1CCC(NC(=O)N2CC(CC(=O)O)C2)C(C)C1. The number of aliphatic carboxylic acids is 1. The van der Waals surface area contributed by atoms with Gasteiger partial charge in [0.05, 0.1) is 6.42 Å². The van der Waals surface area contributed by atoms with E-state index in [1.807, 2.05) is 0 Å². The molecule has 0 aromatic heterocycles. The lowest BCUT2D eigenvalue weighted by atomic mass is 9.80. The highest BCUT2D eigenvalue weighted by Gasteiger charge is 2.34. The molecule has 0 bridgehead atoms. The summed E-state index contributed by atoms with van der Waals surface area (Å²) in [5.74, 6) is 0.642. The number of hydrogen-bond acceptors (Lipinski definition) is 2. The minimum atomic E-state index is -0.778. The van der Waals surface area contributed by atoms with Crippen LogP contribution in [0, 0.1) is 17.8 Å². The van der Waals surface area contributed by atoms with Crippen molar-refractivity contribution in [2.24, 2.45) is 17.8 Å². The number of rotatable bonds is 3. The monoisotopic (exact) mass is 268 g/mol. The van der Waals surface area contributed by atoms with Crippen molar-refractivity contribution in [1.82, 2.24) is 10.2 Å². The van der Waals surface area contributed by atoms with Crippen molar-refractivity contribution in [2.45, 2.75) is 45.6 Å². The Bertz CT molecular complexity index is 353. The van der Waals surface area contributed by atoms with Gasteiger partial charge in [0.15, 0.2) is 0 Å². The molecule has 0 spiro atoms. The average Bonchev–Trinajstić information content (AvgIpc) is 2.26. The van der Waals surface area contributed by atoms with E-state index in [0.717, 1.165) is 12.3 Å². The van der Waals surface area contributed by atoms with Gasteiger partial charge in [-0.05, 0) is 31.1 Å². The van der Waals surface area contributed by atoms with Crippen molar-refractivity contribution in [2.75, 3.05) is 13.1 Å². The number of carbonyl (C=O) groups excluding carboxylic acids is 1. The highest BCUT2D eigenvalue weighted by molar-refractivity contribution is 5.76. The van der Waals surface area contributed by atoms with Crippen molar-refractivity contribution in [1.29, 1.82) is 0 Å². The summed E-state index contributed by atoms with van der Waals surface area (Å²) in [6, 6.07) is 0.260. The summed E-state index contributed by atoms with van der Waals surface area (Å²) in [5, 5.41) is 11.8. The Morgan fingerprint density at radius 3 is 2.53 bits per heavy atom. The van der Waals surface area contributed by atoms with Crippen LogP contribution in [0.5, 0.6) is 0 Å². The zero-order chi connectivity index (χ0) is 14.0. The van der Waals surface area contributed by atoms with Gasteiger partial charge in [-0.25, -0.2) is 4.79 Å². The van der Waals surface area contributed by atoms with Crippen LogP contribution < -0.4 is 5.32 Å². The maximum absolute atomic E-state index is 12.0. The molecule has 5 nitrogen and oxygen atoms in total. The number of carboxylic acid groups (broad SMARTS) is 1. The molecule has 2 N–H and O–H groups in total. The van der Waals surface area contributed by atoms with Crippen molar-refractivity contribution in [3.63, 3.8) is 0 Å². The Morgan fingerprint density at radius 1 is 1.26 bits per heavy atom. The van der Waals surface area contributed by atoms with Crippen molar-refractivity contribution >= 4 is 12.0 Å². The number of carboxylic acids is 1. The number of likely N-dealkylation sites (tertiary alicyclic amines) is 1. The van der Waals surface area contributed by atoms with Crippen LogP contribution in [0.4, 0.5) is 4.79 Å². The summed E-state index contributed by atoms with van der Waals surface area (Å²) < 4.78 is 0. The van der Waals surface area contributed by atoms with Crippen LogP contribution in [0.25, 0.3) is 0 Å². The van der Waals surface area contributed by atoms with Crippen LogP contribution in [0.3, 0.4) is 0 Å². The molecule has 19 heavy (non-hydrogen) atoms. The van der Waals surface area contributed by atoms with E-state index in [4.69, 9.17) is 5.11 Å². The number of hydrogen-bond donors (Lipinski definition) is 2. The van der Waals surface area contributed by atoms with E-state index < -0.39 is 5.97 Å². The highest BCUT2D eigenvalue weighted by Crippen LogP contribution is 2.29. The van der Waals surface area contributed by atoms with Crippen molar-refractivity contribution in [3.05, 3.63) is 0 Å². The fraction of sp³-hybridized carbons (Fsp3) is 0.857. The Balaban J connectivity index is 1.72. The third-order valence-corrected chi connectivity index (χ3v) is 4.45. The highest BCUT2D eigenvalue weighted by atomic mass is 16.4. The molecule has 2 aliphatic rings. The Labute approximate surface area is 114 Å². The molecule has 0 aromatic carbocycles. The van der Waals surface area contributed by atoms with E-state index >= 15 is 0 Å². The fourth-order valence-electron chi connectivity index (χ4n) is 3.24. The minimum Gasteiger partial charge on any atom is -0.481 e. The third-order valence-electron chi connectivity index (χ3n) is 4.45. The van der Waals surface area contributed by atoms with E-state index in [0.29, 0.717) is 19.0 Å². The second kappa shape index (κ2) is 5.80. The van der Waals surface area contributed by atoms with Crippen LogP contribution in [0.1, 0.15) is 39.5 Å². The molecule has 0 radical (unpaired) electrons. The summed E-state index contributed by atoms with van der Waals surface area (Å²) in [7, 11) is 0. The third kappa shape index (κ3) is 3.61. The molecule has 3 atom stereocenters. The maximum Gasteiger partial charge on any atom is 0.317 e. The number of nitrogens with zero attached hydrogens (tertiary/aromatic N) is 1. The van der Waals surface area contributed by atoms with Crippen LogP contribution in [-0.2, 0) is 4.79 Å². The second-order valence-electron chi connectivity index (χ2n) is 6.32. The summed E-state index contributed by atoms with van der Waals surface area (Å²) in [4.78, 5) is 24.3. The van der Waals surface area contributed by atoms with Gasteiger partial charge in [0, 0.05) is 25.0 Å². The van der Waals surface area contributed by atoms with E-state index in [2.05, 4.69) is 19.2 Å². The van der Waals surface area contributed by atoms with E-state index in [-0.39, 0.29) is 24.4 Å². The van der Waals surface area contributed by atoms with Gasteiger partial charge >= 0.3 is 12.0 Å². The average molecular weight is 268 g/mol. The van der Waals surface area contributed by atoms with Crippen LogP contribution in [-0.4, -0.2) is 41.1 Å². The first kappa shape index (κ1) is 14.2. The summed E-state index contributed by atoms with van der Waals surface area (Å²) in [5.41, 5.74) is 0. The van der Waals surface area contributed by atoms with E-state index in [1.165, 1.54) is 12.8 Å². The molecular formula is C14H24N2O3. The number of carbonyl (C=O) groups is 2. The number of urea groups is 1. The van der Waals surface area contributed by atoms with Gasteiger partial charge < -0.3 is 15.3 Å². The Kier molecular flexibility index (Phi) is 4.32. The Hall–Kier alpha value is -1.26. The first-order chi connectivity index (χ1) is 8.95. The lowest BCUT2D eigenvalue weighted by molar-refractivity contribution is -0.139. The van der Waals surface area contributed by atoms with E-state index in [1.54, 1.807) is 4.90 Å². The summed E-state index contributed by atoms with van der Waals surface area (Å²) in [6.45, 7) is 5.62. The topological polar surface area (TPSA) is 69.6 Å². The molecular weight excluding hydrogens is 244 g/mol. The molecule has 108 valence electrons. The van der Waals surface area contributed by atoms with Crippen LogP contribution >= 0.6 is 0 Å². The lowest BCUT2D eigenvalue weighted by Crippen LogP contribution is -2.57. The molecule has 5 heteroatoms. The van der Waals surface area contributed by atoms with Crippen LogP contribution in [0.15, 0.2) is 0 Å². The molecule has 2 fully saturated rings. The van der Waals surface area contributed by atoms with Gasteiger partial charge in [0.2, 0.25) is 0 Å². The standard InChI is InChI=1S/C14H24N2O3/c1-9-3-4-12(10(2)5-9)15-14(19)16-7-11(8-16)6-13(17)18/h9-12H,3-8H2,1-2H3,(H,15,19)(H,17,18). The maximum atomic E-state index is 12.0. The van der Waals surface area contributed by atoms with Crippen molar-refractivity contribution < 1.29 is 14.7 Å². The molecule has 1 heterocycles. The van der Waals surface area contributed by atoms with Gasteiger partial charge in [-0.1, -0.05) is 13.8 Å². The second-order valence-corrected chi connectivity index (χ2v) is 6.32. The molecule has 2 rings (SSSR count). The van der Waals surface area contributed by atoms with Gasteiger partial charge in [-0.15, -0.1) is 0 Å². The molecule has 1 saturated carbocycles. The van der Waals surface area contributed by atoms with Crippen molar-refractivity contribution in [3.8, 4) is 0 Å². The predicted octanol–water partition coefficient (Wildman–Crippen LogP) is 1.93. The summed E-state index contributed by atoms with van der Waals surface area (Å²) >= 11 is 0. The fourth-order valence-corrected chi connectivity index (χ4v) is 3.24. The first-order valence-corrected chi connectivity index (χ1v) is 7.23. The molecule has 0 aromatic rings. The molecule has 1 aliphatic heterocycles. The van der Waals surface area contributed by atoms with Gasteiger partial charge in [0.1, 0.15) is 0 Å². The molecule has 2 amide bonds. The van der Waals surface area contributed by atoms with E-state index in [9.17, 15) is 9.59 Å². The number of amides is 2. The normalized spacial score (nSPS) is 31.7. The smallest absolute Gasteiger partial charge is 0.317 e. The largest absolute Gasteiger partial charge is 0.481 e. The quantitative estimate of drug-likeness (QED) is 0.821. The molecule has 3 unspecified atom stereocenters. The molecule has 1 aliphatic carbocycles. The van der Waals surface area contributed by atoms with Gasteiger partial charge in [-0.2, -0.15) is 0 Å². The lowest BCUT2D eigenvalue weighted by Gasteiger charge is -2.41. The first-order valence-electron chi connectivity index (χ1n) is 7.23.